The molecule has 0 aliphatic heterocycles. The number of anilines is 2. The van der Waals surface area contributed by atoms with Crippen LogP contribution in [0.15, 0.2) is 53.8 Å². The van der Waals surface area contributed by atoms with Crippen LogP contribution in [0.1, 0.15) is 29.3 Å². The zero-order valence-corrected chi connectivity index (χ0v) is 20.8. The Morgan fingerprint density at radius 3 is 2.78 bits per heavy atom. The fourth-order valence-corrected chi connectivity index (χ4v) is 4.42. The first-order valence-corrected chi connectivity index (χ1v) is 12.3. The molecule has 0 unspecified atom stereocenters. The molecule has 0 saturated carbocycles. The van der Waals surface area contributed by atoms with Crippen LogP contribution in [0.5, 0.6) is 0 Å². The van der Waals surface area contributed by atoms with Crippen molar-refractivity contribution in [1.82, 2.24) is 9.97 Å². The Hall–Kier alpha value is -3.76. The van der Waals surface area contributed by atoms with Gasteiger partial charge < -0.3 is 20.3 Å². The quantitative estimate of drug-likeness (QED) is 0.0812. The lowest BCUT2D eigenvalue weighted by molar-refractivity contribution is 0.103. The molecule has 186 valence electrons. The van der Waals surface area contributed by atoms with Gasteiger partial charge in [-0.15, -0.1) is 0 Å². The van der Waals surface area contributed by atoms with Crippen LogP contribution >= 0.6 is 11.9 Å². The Morgan fingerprint density at radius 2 is 2.06 bits per heavy atom. The molecule has 4 N–H and O–H groups in total. The van der Waals surface area contributed by atoms with Crippen LogP contribution in [0.25, 0.3) is 22.2 Å². The van der Waals surface area contributed by atoms with E-state index in [1.807, 2.05) is 37.1 Å². The number of aromatic nitrogens is 2. The monoisotopic (exact) mass is 508 g/mol. The highest BCUT2D eigenvalue weighted by atomic mass is 32.2. The third kappa shape index (κ3) is 4.82. The highest BCUT2D eigenvalue weighted by molar-refractivity contribution is 8.00. The first-order valence-electron chi connectivity index (χ1n) is 11.3. The smallest absolute Gasteiger partial charge is 0.201 e. The first-order chi connectivity index (χ1) is 17.4. The van der Waals surface area contributed by atoms with E-state index in [-0.39, 0.29) is 11.3 Å². The number of hydrogen-bond donors (Lipinski definition) is 3. The summed E-state index contributed by atoms with van der Waals surface area (Å²) in [4.78, 5) is 26.6. The van der Waals surface area contributed by atoms with Gasteiger partial charge in [-0.25, -0.2) is 13.8 Å². The van der Waals surface area contributed by atoms with E-state index in [0.29, 0.717) is 29.0 Å². The van der Waals surface area contributed by atoms with Crippen LogP contribution in [0, 0.1) is 11.6 Å². The predicted molar refractivity (Wildman–Crippen MR) is 144 cm³/mol. The summed E-state index contributed by atoms with van der Waals surface area (Å²) in [6.07, 6.45) is 3.96. The van der Waals surface area contributed by atoms with Gasteiger partial charge in [-0.05, 0) is 49.0 Å². The van der Waals surface area contributed by atoms with Gasteiger partial charge in [-0.1, -0.05) is 24.9 Å². The topological polar surface area (TPSA) is 99.4 Å². The van der Waals surface area contributed by atoms with E-state index in [2.05, 4.69) is 26.4 Å². The number of carbonyl (C=O) groups is 1. The molecule has 2 aromatic heterocycles. The Labute approximate surface area is 212 Å². The number of carbonyl (C=O) groups excluding carboxylic acids is 1. The maximum absolute atomic E-state index is 15.2. The number of rotatable bonds is 10. The van der Waals surface area contributed by atoms with Crippen LogP contribution in [0.4, 0.5) is 25.8 Å². The van der Waals surface area contributed by atoms with Gasteiger partial charge in [0, 0.05) is 41.7 Å². The molecule has 4 aromatic rings. The number of ketones is 1. The Balaban J connectivity index is 1.75. The number of nitrogens with zero attached hydrogens (tertiary/aromatic N) is 3. The van der Waals surface area contributed by atoms with Gasteiger partial charge in [-0.3, -0.25) is 9.79 Å². The summed E-state index contributed by atoms with van der Waals surface area (Å²) in [6.45, 7) is 5.94. The number of H-pyrrole nitrogens is 1. The number of pyridine rings is 1. The summed E-state index contributed by atoms with van der Waals surface area (Å²) in [5.74, 6) is -1.89. The van der Waals surface area contributed by atoms with Crippen molar-refractivity contribution in [2.24, 2.45) is 10.7 Å². The average Bonchev–Trinajstić information content (AvgIpc) is 3.32. The molecule has 0 fully saturated rings. The van der Waals surface area contributed by atoms with E-state index in [0.717, 1.165) is 29.5 Å². The zero-order chi connectivity index (χ0) is 25.8. The number of fused-ring (bicyclic) bond motifs is 1. The SMILES string of the molecule is C=Nc1cc(-c2cnc3[nH]cc(C(=O)c4c(F)ccc(NSCCC)c4F)c3c2)ccc1N(C)CN. The molecule has 0 amide bonds. The number of aromatic amines is 1. The van der Waals surface area contributed by atoms with Crippen molar-refractivity contribution >= 4 is 52.5 Å². The van der Waals surface area contributed by atoms with Gasteiger partial charge >= 0.3 is 0 Å². The fraction of sp³-hybridized carbons (Fsp3) is 0.192. The second kappa shape index (κ2) is 10.9. The number of benzene rings is 2. The molecule has 0 bridgehead atoms. The number of nitrogens with one attached hydrogen (secondary N) is 2. The van der Waals surface area contributed by atoms with Crippen molar-refractivity contribution < 1.29 is 13.6 Å². The molecule has 36 heavy (non-hydrogen) atoms. The van der Waals surface area contributed by atoms with Crippen molar-refractivity contribution in [3.63, 3.8) is 0 Å². The molecule has 0 spiro atoms. The fourth-order valence-electron chi connectivity index (χ4n) is 3.80. The summed E-state index contributed by atoms with van der Waals surface area (Å²) in [6, 6.07) is 9.74. The number of halogens is 2. The molecular weight excluding hydrogens is 482 g/mol. The highest BCUT2D eigenvalue weighted by Crippen LogP contribution is 2.34. The minimum Gasteiger partial charge on any atom is -0.360 e. The molecule has 0 aliphatic rings. The summed E-state index contributed by atoms with van der Waals surface area (Å²) >= 11 is 1.29. The van der Waals surface area contributed by atoms with Gasteiger partial charge in [0.05, 0.1) is 29.3 Å². The molecule has 0 atom stereocenters. The molecule has 2 heterocycles. The molecule has 2 aromatic carbocycles. The average molecular weight is 509 g/mol. The third-order valence-electron chi connectivity index (χ3n) is 5.75. The second-order valence-corrected chi connectivity index (χ2v) is 9.03. The van der Waals surface area contributed by atoms with Gasteiger partial charge in [-0.2, -0.15) is 0 Å². The van der Waals surface area contributed by atoms with Gasteiger partial charge in [0.1, 0.15) is 11.5 Å². The van der Waals surface area contributed by atoms with Crippen LogP contribution in [0.2, 0.25) is 0 Å². The van der Waals surface area contributed by atoms with E-state index < -0.39 is 23.0 Å². The molecule has 0 aliphatic carbocycles. The van der Waals surface area contributed by atoms with Crippen molar-refractivity contribution in [1.29, 1.82) is 0 Å². The van der Waals surface area contributed by atoms with Crippen molar-refractivity contribution in [3.8, 4) is 11.1 Å². The lowest BCUT2D eigenvalue weighted by Crippen LogP contribution is -2.24. The van der Waals surface area contributed by atoms with E-state index in [1.165, 1.54) is 24.2 Å². The largest absolute Gasteiger partial charge is 0.360 e. The Morgan fingerprint density at radius 1 is 1.25 bits per heavy atom. The summed E-state index contributed by atoms with van der Waals surface area (Å²) in [5, 5.41) is 0.450. The second-order valence-electron chi connectivity index (χ2n) is 8.13. The Bertz CT molecular complexity index is 1440. The molecular formula is C26H26F2N6OS. The van der Waals surface area contributed by atoms with Crippen molar-refractivity contribution in [2.75, 3.05) is 29.1 Å². The molecule has 0 radical (unpaired) electrons. The van der Waals surface area contributed by atoms with Gasteiger partial charge in [0.25, 0.3) is 0 Å². The van der Waals surface area contributed by atoms with Crippen LogP contribution in [-0.2, 0) is 0 Å². The van der Waals surface area contributed by atoms with Crippen LogP contribution in [0.3, 0.4) is 0 Å². The predicted octanol–water partition coefficient (Wildman–Crippen LogP) is 5.89. The highest BCUT2D eigenvalue weighted by Gasteiger charge is 2.24. The van der Waals surface area contributed by atoms with Crippen LogP contribution in [-0.4, -0.2) is 41.9 Å². The molecule has 4 rings (SSSR count). The van der Waals surface area contributed by atoms with Crippen LogP contribution < -0.4 is 15.4 Å². The maximum Gasteiger partial charge on any atom is 0.201 e. The molecule has 7 nitrogen and oxygen atoms in total. The minimum absolute atomic E-state index is 0.0591. The lowest BCUT2D eigenvalue weighted by atomic mass is 9.99. The summed E-state index contributed by atoms with van der Waals surface area (Å²) < 4.78 is 32.7. The molecule has 10 heteroatoms. The number of hydrogen-bond acceptors (Lipinski definition) is 7. The summed E-state index contributed by atoms with van der Waals surface area (Å²) in [7, 11) is 1.85. The lowest BCUT2D eigenvalue weighted by Gasteiger charge is -2.19. The van der Waals surface area contributed by atoms with Crippen molar-refractivity contribution in [2.45, 2.75) is 13.3 Å². The minimum atomic E-state index is -0.927. The maximum atomic E-state index is 15.2. The van der Waals surface area contributed by atoms with E-state index in [9.17, 15) is 9.18 Å². The third-order valence-corrected chi connectivity index (χ3v) is 6.72. The zero-order valence-electron chi connectivity index (χ0n) is 19.9. The molecule has 0 saturated heterocycles. The van der Waals surface area contributed by atoms with Gasteiger partial charge in [0.2, 0.25) is 5.78 Å². The summed E-state index contributed by atoms with van der Waals surface area (Å²) in [5.41, 5.74) is 8.69. The standard InChI is InChI=1S/C26H26F2N6OS/c1-4-9-36-33-20-7-6-19(27)23(24(20)28)25(35)18-13-32-26-17(18)10-16(12-31-26)15-5-8-22(34(3)14-29)21(11-15)30-2/h5-8,10-13,33H,2,4,9,14,29H2,1,3H3,(H,31,32). The number of nitrogens with two attached hydrogens (primary N) is 1. The normalized spacial score (nSPS) is 11.0. The first kappa shape index (κ1) is 25.3. The van der Waals surface area contributed by atoms with Crippen molar-refractivity contribution in [3.05, 3.63) is 71.6 Å². The van der Waals surface area contributed by atoms with Gasteiger partial charge in [0.15, 0.2) is 5.82 Å². The Kier molecular flexibility index (Phi) is 7.66. The number of aliphatic imine (C=N–C) groups is 1. The van der Waals surface area contributed by atoms with E-state index in [4.69, 9.17) is 5.73 Å². The van der Waals surface area contributed by atoms with E-state index >= 15 is 4.39 Å². The van der Waals surface area contributed by atoms with E-state index in [1.54, 1.807) is 12.3 Å².